The Morgan fingerprint density at radius 3 is 2.26 bits per heavy atom. The van der Waals surface area contributed by atoms with Gasteiger partial charge in [0.05, 0.1) is 7.11 Å². The Hall–Kier alpha value is -1.02. The number of benzene rings is 1. The predicted molar refractivity (Wildman–Crippen MR) is 83.0 cm³/mol. The molecule has 2 N–H and O–H groups in total. The van der Waals surface area contributed by atoms with Gasteiger partial charge in [0.25, 0.3) is 0 Å². The van der Waals surface area contributed by atoms with E-state index in [0.717, 1.165) is 18.7 Å². The van der Waals surface area contributed by atoms with Gasteiger partial charge in [-0.25, -0.2) is 0 Å². The third-order valence-electron chi connectivity index (χ3n) is 3.78. The van der Waals surface area contributed by atoms with Crippen molar-refractivity contribution in [1.82, 2.24) is 0 Å². The quantitative estimate of drug-likeness (QED) is 0.859. The Kier molecular flexibility index (Phi) is 5.42. The summed E-state index contributed by atoms with van der Waals surface area (Å²) in [7, 11) is 1.74. The van der Waals surface area contributed by atoms with Crippen LogP contribution in [0.25, 0.3) is 0 Å². The van der Waals surface area contributed by atoms with Crippen LogP contribution in [0, 0.1) is 5.41 Å². The highest BCUT2D eigenvalue weighted by Crippen LogP contribution is 2.39. The molecule has 0 saturated carbocycles. The number of hydrogen-bond acceptors (Lipinski definition) is 2. The molecule has 1 unspecified atom stereocenters. The maximum Gasteiger partial charge on any atom is 0.122 e. The number of ether oxygens (including phenoxy) is 1. The van der Waals surface area contributed by atoms with Gasteiger partial charge in [-0.05, 0) is 47.4 Å². The van der Waals surface area contributed by atoms with E-state index in [1.807, 2.05) is 0 Å². The highest BCUT2D eigenvalue weighted by Gasteiger charge is 2.26. The van der Waals surface area contributed by atoms with Crippen LogP contribution in [0.5, 0.6) is 5.75 Å². The van der Waals surface area contributed by atoms with Gasteiger partial charge in [0, 0.05) is 0 Å². The normalized spacial score (nSPS) is 13.7. The molecule has 0 fully saturated rings. The van der Waals surface area contributed by atoms with Gasteiger partial charge in [0.15, 0.2) is 0 Å². The van der Waals surface area contributed by atoms with Crippen molar-refractivity contribution in [1.29, 1.82) is 0 Å². The molecular formula is C17H29NO. The van der Waals surface area contributed by atoms with Crippen molar-refractivity contribution < 1.29 is 4.74 Å². The first-order valence-corrected chi connectivity index (χ1v) is 7.19. The Bertz CT molecular complexity index is 404. The molecule has 0 aliphatic heterocycles. The third-order valence-corrected chi connectivity index (χ3v) is 3.78. The van der Waals surface area contributed by atoms with Crippen LogP contribution in [0.1, 0.15) is 64.0 Å². The van der Waals surface area contributed by atoms with Crippen LogP contribution in [0.4, 0.5) is 0 Å². The second kappa shape index (κ2) is 6.42. The summed E-state index contributed by atoms with van der Waals surface area (Å²) in [6.07, 6.45) is 1.02. The summed E-state index contributed by atoms with van der Waals surface area (Å²) in [5.74, 6) is 1.94. The number of methoxy groups -OCH3 is 1. The van der Waals surface area contributed by atoms with Crippen molar-refractivity contribution in [3.63, 3.8) is 0 Å². The standard InChI is InChI=1S/C17H29NO/c1-12(2)14-11-13(7-8-16(14)19-6)15(9-10-18)17(3,4)5/h7-8,11-12,15H,9-10,18H2,1-6H3. The monoisotopic (exact) mass is 263 g/mol. The average Bonchev–Trinajstić information content (AvgIpc) is 2.33. The molecule has 1 atom stereocenters. The molecule has 0 aliphatic rings. The minimum atomic E-state index is 0.224. The van der Waals surface area contributed by atoms with Crippen molar-refractivity contribution in [3.05, 3.63) is 29.3 Å². The molecule has 0 spiro atoms. The van der Waals surface area contributed by atoms with Gasteiger partial charge in [-0.1, -0.05) is 46.8 Å². The summed E-state index contributed by atoms with van der Waals surface area (Å²) in [6.45, 7) is 12.0. The molecule has 1 rings (SSSR count). The van der Waals surface area contributed by atoms with E-state index in [1.54, 1.807) is 7.11 Å². The Labute approximate surface area is 118 Å². The first-order valence-electron chi connectivity index (χ1n) is 7.19. The third kappa shape index (κ3) is 3.97. The highest BCUT2D eigenvalue weighted by molar-refractivity contribution is 5.41. The van der Waals surface area contributed by atoms with Crippen LogP contribution < -0.4 is 10.5 Å². The summed E-state index contributed by atoms with van der Waals surface area (Å²) in [6, 6.07) is 6.59. The van der Waals surface area contributed by atoms with Crippen LogP contribution >= 0.6 is 0 Å². The lowest BCUT2D eigenvalue weighted by molar-refractivity contribution is 0.307. The molecule has 0 saturated heterocycles. The van der Waals surface area contributed by atoms with Crippen molar-refractivity contribution in [2.75, 3.05) is 13.7 Å². The van der Waals surface area contributed by atoms with Gasteiger partial charge in [-0.2, -0.15) is 0 Å². The van der Waals surface area contributed by atoms with Gasteiger partial charge in [0.2, 0.25) is 0 Å². The van der Waals surface area contributed by atoms with Crippen molar-refractivity contribution in [2.24, 2.45) is 11.1 Å². The first kappa shape index (κ1) is 16.0. The molecule has 0 aliphatic carbocycles. The van der Waals surface area contributed by atoms with E-state index in [0.29, 0.717) is 11.8 Å². The molecule has 0 amide bonds. The fraction of sp³-hybridized carbons (Fsp3) is 0.647. The van der Waals surface area contributed by atoms with E-state index in [-0.39, 0.29) is 5.41 Å². The maximum atomic E-state index is 5.79. The molecule has 0 bridgehead atoms. The summed E-state index contributed by atoms with van der Waals surface area (Å²) in [4.78, 5) is 0. The zero-order valence-corrected chi connectivity index (χ0v) is 13.3. The Balaban J connectivity index is 3.21. The SMILES string of the molecule is COc1ccc(C(CCN)C(C)(C)C)cc1C(C)C. The van der Waals surface area contributed by atoms with Crippen molar-refractivity contribution in [2.45, 2.75) is 52.9 Å². The van der Waals surface area contributed by atoms with Crippen molar-refractivity contribution in [3.8, 4) is 5.75 Å². The number of rotatable bonds is 5. The first-order chi connectivity index (χ1) is 8.81. The zero-order valence-electron chi connectivity index (χ0n) is 13.3. The van der Waals surface area contributed by atoms with Crippen LogP contribution in [0.2, 0.25) is 0 Å². The molecule has 2 heteroatoms. The van der Waals surface area contributed by atoms with Crippen LogP contribution in [0.3, 0.4) is 0 Å². The lowest BCUT2D eigenvalue weighted by atomic mass is 9.74. The molecule has 108 valence electrons. The number of hydrogen-bond donors (Lipinski definition) is 1. The average molecular weight is 263 g/mol. The van der Waals surface area contributed by atoms with Crippen LogP contribution in [-0.2, 0) is 0 Å². The van der Waals surface area contributed by atoms with Crippen LogP contribution in [0.15, 0.2) is 18.2 Å². The minimum absolute atomic E-state index is 0.224. The minimum Gasteiger partial charge on any atom is -0.496 e. The lowest BCUT2D eigenvalue weighted by Crippen LogP contribution is -2.21. The topological polar surface area (TPSA) is 35.2 Å². The van der Waals surface area contributed by atoms with Gasteiger partial charge < -0.3 is 10.5 Å². The molecule has 1 aromatic rings. The molecular weight excluding hydrogens is 234 g/mol. The Morgan fingerprint density at radius 2 is 1.84 bits per heavy atom. The lowest BCUT2D eigenvalue weighted by Gasteiger charge is -2.31. The van der Waals surface area contributed by atoms with Crippen LogP contribution in [-0.4, -0.2) is 13.7 Å². The molecule has 19 heavy (non-hydrogen) atoms. The van der Waals surface area contributed by atoms with Crippen molar-refractivity contribution >= 4 is 0 Å². The van der Waals surface area contributed by atoms with Gasteiger partial charge in [-0.15, -0.1) is 0 Å². The summed E-state index contributed by atoms with van der Waals surface area (Å²) >= 11 is 0. The summed E-state index contributed by atoms with van der Waals surface area (Å²) in [5, 5.41) is 0. The molecule has 0 aromatic heterocycles. The van der Waals surface area contributed by atoms with E-state index in [4.69, 9.17) is 10.5 Å². The molecule has 2 nitrogen and oxygen atoms in total. The summed E-state index contributed by atoms with van der Waals surface area (Å²) in [5.41, 5.74) is 8.68. The Morgan fingerprint density at radius 1 is 1.21 bits per heavy atom. The van der Waals surface area contributed by atoms with E-state index in [1.165, 1.54) is 11.1 Å². The van der Waals surface area contributed by atoms with E-state index in [9.17, 15) is 0 Å². The highest BCUT2D eigenvalue weighted by atomic mass is 16.5. The second-order valence-corrected chi connectivity index (χ2v) is 6.65. The fourth-order valence-electron chi connectivity index (χ4n) is 2.69. The number of nitrogens with two attached hydrogens (primary N) is 1. The molecule has 1 aromatic carbocycles. The van der Waals surface area contributed by atoms with E-state index >= 15 is 0 Å². The summed E-state index contributed by atoms with van der Waals surface area (Å²) < 4.78 is 5.46. The van der Waals surface area contributed by atoms with Gasteiger partial charge in [0.1, 0.15) is 5.75 Å². The second-order valence-electron chi connectivity index (χ2n) is 6.65. The maximum absolute atomic E-state index is 5.79. The van der Waals surface area contributed by atoms with Gasteiger partial charge >= 0.3 is 0 Å². The molecule has 0 radical (unpaired) electrons. The molecule has 0 heterocycles. The smallest absolute Gasteiger partial charge is 0.122 e. The zero-order chi connectivity index (χ0) is 14.6. The predicted octanol–water partition coefficient (Wildman–Crippen LogP) is 4.30. The fourth-order valence-corrected chi connectivity index (χ4v) is 2.69. The van der Waals surface area contributed by atoms with Gasteiger partial charge in [-0.3, -0.25) is 0 Å². The largest absolute Gasteiger partial charge is 0.496 e. The van der Waals surface area contributed by atoms with E-state index < -0.39 is 0 Å². The van der Waals surface area contributed by atoms with E-state index in [2.05, 4.69) is 52.8 Å².